The number of hydrogen-bond donors (Lipinski definition) is 2. The van der Waals surface area contributed by atoms with Gasteiger partial charge in [0.2, 0.25) is 5.91 Å². The van der Waals surface area contributed by atoms with Gasteiger partial charge in [-0.15, -0.1) is 0 Å². The molecular formula is C18H21N3O3. The molecule has 24 heavy (non-hydrogen) atoms. The van der Waals surface area contributed by atoms with Crippen LogP contribution in [0.15, 0.2) is 42.7 Å². The van der Waals surface area contributed by atoms with Gasteiger partial charge in [0.1, 0.15) is 6.61 Å². The summed E-state index contributed by atoms with van der Waals surface area (Å²) in [7, 11) is 1.62. The number of aromatic nitrogens is 1. The molecule has 0 saturated heterocycles. The van der Waals surface area contributed by atoms with E-state index in [-0.39, 0.29) is 11.8 Å². The Balaban J connectivity index is 1.48. The van der Waals surface area contributed by atoms with Gasteiger partial charge in [-0.05, 0) is 30.2 Å². The number of methoxy groups -OCH3 is 1. The van der Waals surface area contributed by atoms with Crippen LogP contribution in [0.2, 0.25) is 0 Å². The number of nitrogens with zero attached hydrogens (tertiary/aromatic N) is 1. The molecule has 1 aliphatic rings. The third-order valence-electron chi connectivity index (χ3n) is 3.96. The van der Waals surface area contributed by atoms with Crippen LogP contribution in [0.4, 0.5) is 5.69 Å². The number of nitrogens with one attached hydrogen (secondary N) is 2. The molecule has 1 atom stereocenters. The Morgan fingerprint density at radius 3 is 3.04 bits per heavy atom. The highest BCUT2D eigenvalue weighted by Crippen LogP contribution is 2.35. The van der Waals surface area contributed by atoms with E-state index in [1.54, 1.807) is 19.5 Å². The summed E-state index contributed by atoms with van der Waals surface area (Å²) in [6, 6.07) is 9.56. The normalized spacial score (nSPS) is 15.8. The number of hydrogen-bond acceptors (Lipinski definition) is 5. The first-order valence-electron chi connectivity index (χ1n) is 7.98. The molecule has 2 aromatic rings. The molecule has 0 unspecified atom stereocenters. The Hall–Kier alpha value is -2.76. The summed E-state index contributed by atoms with van der Waals surface area (Å²) >= 11 is 0. The standard InChI is InChI=1S/C18H21N3O3/c1-23-16-6-2-4-13-10-14(12-24-17(13)16)18(22)21-9-8-20-15-5-3-7-19-11-15/h2-7,11,14,20H,8-10,12H2,1H3,(H,21,22)/t14-/m0/s1. The van der Waals surface area contributed by atoms with Crippen molar-refractivity contribution in [2.45, 2.75) is 6.42 Å². The molecule has 1 aromatic heterocycles. The van der Waals surface area contributed by atoms with Crippen molar-refractivity contribution in [1.29, 1.82) is 0 Å². The first kappa shape index (κ1) is 16.1. The summed E-state index contributed by atoms with van der Waals surface area (Å²) in [5, 5.41) is 6.16. The van der Waals surface area contributed by atoms with Crippen molar-refractivity contribution in [3.8, 4) is 11.5 Å². The molecule has 0 saturated carbocycles. The van der Waals surface area contributed by atoms with Crippen molar-refractivity contribution in [2.24, 2.45) is 5.92 Å². The van der Waals surface area contributed by atoms with E-state index in [9.17, 15) is 4.79 Å². The van der Waals surface area contributed by atoms with Crippen LogP contribution in [0.3, 0.4) is 0 Å². The van der Waals surface area contributed by atoms with Gasteiger partial charge in [0.05, 0.1) is 18.7 Å². The lowest BCUT2D eigenvalue weighted by Crippen LogP contribution is -2.39. The van der Waals surface area contributed by atoms with E-state index in [1.807, 2.05) is 30.3 Å². The third kappa shape index (κ3) is 3.76. The average molecular weight is 327 g/mol. The molecule has 0 spiro atoms. The molecule has 6 nitrogen and oxygen atoms in total. The van der Waals surface area contributed by atoms with Crippen molar-refractivity contribution >= 4 is 11.6 Å². The van der Waals surface area contributed by atoms with Crippen LogP contribution in [0.5, 0.6) is 11.5 Å². The molecule has 2 heterocycles. The Morgan fingerprint density at radius 2 is 2.25 bits per heavy atom. The van der Waals surface area contributed by atoms with E-state index < -0.39 is 0 Å². The van der Waals surface area contributed by atoms with Gasteiger partial charge in [-0.25, -0.2) is 0 Å². The minimum Gasteiger partial charge on any atom is -0.493 e. The number of pyridine rings is 1. The van der Waals surface area contributed by atoms with Gasteiger partial charge in [-0.2, -0.15) is 0 Å². The molecule has 0 radical (unpaired) electrons. The smallest absolute Gasteiger partial charge is 0.226 e. The first-order chi connectivity index (χ1) is 11.8. The quantitative estimate of drug-likeness (QED) is 0.793. The highest BCUT2D eigenvalue weighted by Gasteiger charge is 2.27. The van der Waals surface area contributed by atoms with Gasteiger partial charge in [0, 0.05) is 25.5 Å². The SMILES string of the molecule is COc1cccc2c1OC[C@@H](C(=O)NCCNc1cccnc1)C2. The number of benzene rings is 1. The Kier molecular flexibility index (Phi) is 5.15. The van der Waals surface area contributed by atoms with Crippen LogP contribution in [0.25, 0.3) is 0 Å². The number of amides is 1. The zero-order chi connectivity index (χ0) is 16.8. The number of anilines is 1. The molecule has 2 N–H and O–H groups in total. The molecule has 3 rings (SSSR count). The van der Waals surface area contributed by atoms with Crippen molar-refractivity contribution in [3.63, 3.8) is 0 Å². The molecule has 0 fully saturated rings. The number of carbonyl (C=O) groups is 1. The lowest BCUT2D eigenvalue weighted by molar-refractivity contribution is -0.126. The van der Waals surface area contributed by atoms with E-state index in [4.69, 9.17) is 9.47 Å². The van der Waals surface area contributed by atoms with Crippen LogP contribution in [-0.4, -0.2) is 37.7 Å². The molecule has 0 bridgehead atoms. The van der Waals surface area contributed by atoms with Gasteiger partial charge < -0.3 is 20.1 Å². The van der Waals surface area contributed by atoms with Crippen LogP contribution < -0.4 is 20.1 Å². The number of ether oxygens (including phenoxy) is 2. The maximum Gasteiger partial charge on any atom is 0.226 e. The van der Waals surface area contributed by atoms with E-state index in [0.717, 1.165) is 17.0 Å². The Morgan fingerprint density at radius 1 is 1.33 bits per heavy atom. The number of rotatable bonds is 6. The molecule has 1 aromatic carbocycles. The lowest BCUT2D eigenvalue weighted by atomic mass is 9.95. The van der Waals surface area contributed by atoms with Crippen LogP contribution in [0.1, 0.15) is 5.56 Å². The van der Waals surface area contributed by atoms with Crippen molar-refractivity contribution in [1.82, 2.24) is 10.3 Å². The molecule has 1 amide bonds. The van der Waals surface area contributed by atoms with E-state index in [2.05, 4.69) is 15.6 Å². The predicted molar refractivity (Wildman–Crippen MR) is 91.4 cm³/mol. The van der Waals surface area contributed by atoms with Gasteiger partial charge >= 0.3 is 0 Å². The maximum absolute atomic E-state index is 12.3. The predicted octanol–water partition coefficient (Wildman–Crippen LogP) is 1.87. The summed E-state index contributed by atoms with van der Waals surface area (Å²) < 4.78 is 11.0. The fourth-order valence-corrected chi connectivity index (χ4v) is 2.73. The second-order valence-electron chi connectivity index (χ2n) is 5.62. The number of para-hydroxylation sites is 1. The van der Waals surface area contributed by atoms with Crippen molar-refractivity contribution < 1.29 is 14.3 Å². The van der Waals surface area contributed by atoms with E-state index in [1.165, 1.54) is 0 Å². The Labute approximate surface area is 141 Å². The maximum atomic E-state index is 12.3. The lowest BCUT2D eigenvalue weighted by Gasteiger charge is -2.25. The third-order valence-corrected chi connectivity index (χ3v) is 3.96. The largest absolute Gasteiger partial charge is 0.493 e. The fraction of sp³-hybridized carbons (Fsp3) is 0.333. The monoisotopic (exact) mass is 327 g/mol. The molecular weight excluding hydrogens is 306 g/mol. The Bertz CT molecular complexity index is 691. The summed E-state index contributed by atoms with van der Waals surface area (Å²) in [5.41, 5.74) is 1.95. The fourth-order valence-electron chi connectivity index (χ4n) is 2.73. The van der Waals surface area contributed by atoms with Gasteiger partial charge in [-0.3, -0.25) is 9.78 Å². The van der Waals surface area contributed by atoms with Crippen molar-refractivity contribution in [3.05, 3.63) is 48.3 Å². The summed E-state index contributed by atoms with van der Waals surface area (Å²) in [4.78, 5) is 16.3. The van der Waals surface area contributed by atoms with Crippen LogP contribution >= 0.6 is 0 Å². The summed E-state index contributed by atoms with van der Waals surface area (Å²) in [6.07, 6.45) is 4.14. The minimum absolute atomic E-state index is 0.0106. The summed E-state index contributed by atoms with van der Waals surface area (Å²) in [6.45, 7) is 1.57. The zero-order valence-electron chi connectivity index (χ0n) is 13.6. The second kappa shape index (κ2) is 7.68. The van der Waals surface area contributed by atoms with Gasteiger partial charge in [0.15, 0.2) is 11.5 Å². The molecule has 6 heteroatoms. The van der Waals surface area contributed by atoms with E-state index in [0.29, 0.717) is 31.9 Å². The second-order valence-corrected chi connectivity index (χ2v) is 5.62. The highest BCUT2D eigenvalue weighted by molar-refractivity contribution is 5.79. The number of fused-ring (bicyclic) bond motifs is 1. The zero-order valence-corrected chi connectivity index (χ0v) is 13.6. The van der Waals surface area contributed by atoms with Crippen LogP contribution in [0, 0.1) is 5.92 Å². The van der Waals surface area contributed by atoms with Crippen molar-refractivity contribution in [2.75, 3.05) is 32.1 Å². The minimum atomic E-state index is -0.178. The molecule has 0 aliphatic carbocycles. The summed E-state index contributed by atoms with van der Waals surface area (Å²) in [5.74, 6) is 1.30. The molecule has 126 valence electrons. The van der Waals surface area contributed by atoms with E-state index >= 15 is 0 Å². The highest BCUT2D eigenvalue weighted by atomic mass is 16.5. The topological polar surface area (TPSA) is 72.5 Å². The average Bonchev–Trinajstić information content (AvgIpc) is 2.65. The number of carbonyl (C=O) groups excluding carboxylic acids is 1. The van der Waals surface area contributed by atoms with Gasteiger partial charge in [0.25, 0.3) is 0 Å². The van der Waals surface area contributed by atoms with Gasteiger partial charge in [-0.1, -0.05) is 12.1 Å². The van der Waals surface area contributed by atoms with Crippen LogP contribution in [-0.2, 0) is 11.2 Å². The molecule has 1 aliphatic heterocycles. The first-order valence-corrected chi connectivity index (χ1v) is 7.98.